The topological polar surface area (TPSA) is 79.2 Å². The molecule has 22 heavy (non-hydrogen) atoms. The van der Waals surface area contributed by atoms with Gasteiger partial charge in [0, 0.05) is 6.54 Å². The Labute approximate surface area is 132 Å². The number of aliphatic hydroxyl groups excluding tert-OH is 1. The number of aliphatic hydroxyl groups is 1. The van der Waals surface area contributed by atoms with E-state index in [1.54, 1.807) is 6.20 Å². The lowest BCUT2D eigenvalue weighted by molar-refractivity contribution is 0.0955. The van der Waals surface area contributed by atoms with Crippen molar-refractivity contribution < 1.29 is 9.90 Å². The fraction of sp³-hybridized carbons (Fsp3) is 0.750. The van der Waals surface area contributed by atoms with E-state index in [1.807, 2.05) is 4.68 Å². The molecule has 2 amide bonds. The highest BCUT2D eigenvalue weighted by Crippen LogP contribution is 2.20. The van der Waals surface area contributed by atoms with E-state index in [2.05, 4.69) is 36.5 Å². The highest BCUT2D eigenvalue weighted by atomic mass is 16.3. The minimum atomic E-state index is -0.436. The molecule has 6 heteroatoms. The number of aromatic nitrogens is 2. The summed E-state index contributed by atoms with van der Waals surface area (Å²) in [5.74, 6) is 0.504. The Bertz CT molecular complexity index is 498. The monoisotopic (exact) mass is 308 g/mol. The number of nitrogens with one attached hydrogen (secondary N) is 2. The first-order chi connectivity index (χ1) is 10.5. The summed E-state index contributed by atoms with van der Waals surface area (Å²) < 4.78 is 1.95. The van der Waals surface area contributed by atoms with E-state index in [0.29, 0.717) is 5.92 Å². The second-order valence-electron chi connectivity index (χ2n) is 6.49. The molecule has 1 aromatic rings. The SMILES string of the molecule is CCc1c(NC(=O)NC2CCCCC2O)cnn1CC(C)C. The molecule has 6 nitrogen and oxygen atoms in total. The van der Waals surface area contributed by atoms with Crippen LogP contribution in [0.15, 0.2) is 6.20 Å². The highest BCUT2D eigenvalue weighted by molar-refractivity contribution is 5.90. The maximum Gasteiger partial charge on any atom is 0.319 e. The second-order valence-corrected chi connectivity index (χ2v) is 6.49. The van der Waals surface area contributed by atoms with Crippen molar-refractivity contribution >= 4 is 11.7 Å². The van der Waals surface area contributed by atoms with E-state index in [4.69, 9.17) is 0 Å². The van der Waals surface area contributed by atoms with E-state index < -0.39 is 6.10 Å². The minimum Gasteiger partial charge on any atom is -0.391 e. The zero-order chi connectivity index (χ0) is 16.1. The summed E-state index contributed by atoms with van der Waals surface area (Å²) in [5, 5.41) is 20.1. The van der Waals surface area contributed by atoms with Gasteiger partial charge in [0.1, 0.15) is 0 Å². The third kappa shape index (κ3) is 4.22. The molecule has 1 aliphatic rings. The molecule has 124 valence electrons. The summed E-state index contributed by atoms with van der Waals surface area (Å²) in [6.07, 6.45) is 5.76. The van der Waals surface area contributed by atoms with Gasteiger partial charge in [-0.2, -0.15) is 5.10 Å². The Kier molecular flexibility index (Phi) is 5.83. The fourth-order valence-corrected chi connectivity index (χ4v) is 3.00. The first kappa shape index (κ1) is 16.8. The Hall–Kier alpha value is -1.56. The summed E-state index contributed by atoms with van der Waals surface area (Å²) in [6, 6.07) is -0.408. The lowest BCUT2D eigenvalue weighted by atomic mass is 9.93. The van der Waals surface area contributed by atoms with Crippen molar-refractivity contribution in [1.82, 2.24) is 15.1 Å². The molecule has 2 atom stereocenters. The van der Waals surface area contributed by atoms with E-state index in [1.165, 1.54) is 0 Å². The lowest BCUT2D eigenvalue weighted by Crippen LogP contribution is -2.46. The van der Waals surface area contributed by atoms with Crippen LogP contribution in [0.5, 0.6) is 0 Å². The average Bonchev–Trinajstić information content (AvgIpc) is 2.82. The van der Waals surface area contributed by atoms with E-state index in [0.717, 1.165) is 50.0 Å². The smallest absolute Gasteiger partial charge is 0.319 e. The van der Waals surface area contributed by atoms with Crippen LogP contribution in [0, 0.1) is 5.92 Å². The maximum absolute atomic E-state index is 12.2. The van der Waals surface area contributed by atoms with Crippen LogP contribution < -0.4 is 10.6 Å². The van der Waals surface area contributed by atoms with Gasteiger partial charge in [0.2, 0.25) is 0 Å². The molecule has 0 saturated heterocycles. The Morgan fingerprint density at radius 3 is 2.82 bits per heavy atom. The minimum absolute atomic E-state index is 0.149. The Morgan fingerprint density at radius 1 is 1.45 bits per heavy atom. The molecule has 1 fully saturated rings. The number of urea groups is 1. The number of anilines is 1. The van der Waals surface area contributed by atoms with Gasteiger partial charge in [0.05, 0.1) is 29.7 Å². The summed E-state index contributed by atoms with van der Waals surface area (Å²) in [5.41, 5.74) is 1.79. The number of nitrogens with zero attached hydrogens (tertiary/aromatic N) is 2. The number of carbonyl (C=O) groups is 1. The van der Waals surface area contributed by atoms with Crippen molar-refractivity contribution in [3.05, 3.63) is 11.9 Å². The van der Waals surface area contributed by atoms with Crippen LogP contribution in [0.4, 0.5) is 10.5 Å². The van der Waals surface area contributed by atoms with Crippen molar-refractivity contribution in [2.24, 2.45) is 5.92 Å². The lowest BCUT2D eigenvalue weighted by Gasteiger charge is -2.28. The molecule has 3 N–H and O–H groups in total. The van der Waals surface area contributed by atoms with E-state index in [-0.39, 0.29) is 12.1 Å². The third-order valence-corrected chi connectivity index (χ3v) is 4.12. The van der Waals surface area contributed by atoms with Crippen molar-refractivity contribution in [3.8, 4) is 0 Å². The van der Waals surface area contributed by atoms with Gasteiger partial charge < -0.3 is 15.7 Å². The molecule has 0 aromatic carbocycles. The van der Waals surface area contributed by atoms with Gasteiger partial charge >= 0.3 is 6.03 Å². The van der Waals surface area contributed by atoms with Crippen LogP contribution in [0.2, 0.25) is 0 Å². The zero-order valence-corrected chi connectivity index (χ0v) is 13.8. The van der Waals surface area contributed by atoms with Gasteiger partial charge in [0.25, 0.3) is 0 Å². The molecule has 1 aromatic heterocycles. The van der Waals surface area contributed by atoms with E-state index >= 15 is 0 Å². The van der Waals surface area contributed by atoms with Crippen molar-refractivity contribution in [1.29, 1.82) is 0 Å². The summed E-state index contributed by atoms with van der Waals surface area (Å²) in [4.78, 5) is 12.2. The molecular formula is C16H28N4O2. The summed E-state index contributed by atoms with van der Waals surface area (Å²) in [7, 11) is 0. The summed E-state index contributed by atoms with van der Waals surface area (Å²) in [6.45, 7) is 7.19. The predicted molar refractivity (Wildman–Crippen MR) is 86.9 cm³/mol. The molecule has 2 rings (SSSR count). The Balaban J connectivity index is 1.97. The van der Waals surface area contributed by atoms with Gasteiger partial charge in [-0.25, -0.2) is 4.79 Å². The standard InChI is InChI=1S/C16H28N4O2/c1-4-14-13(9-17-20(14)10-11(2)3)19-16(22)18-12-7-5-6-8-15(12)21/h9,11-12,15,21H,4-8,10H2,1-3H3,(H2,18,19,22). The van der Waals surface area contributed by atoms with Crippen LogP contribution in [-0.2, 0) is 13.0 Å². The van der Waals surface area contributed by atoms with Gasteiger partial charge in [-0.15, -0.1) is 0 Å². The third-order valence-electron chi connectivity index (χ3n) is 4.12. The van der Waals surface area contributed by atoms with Crippen molar-refractivity contribution in [2.45, 2.75) is 71.6 Å². The molecular weight excluding hydrogens is 280 g/mol. The average molecular weight is 308 g/mol. The first-order valence-electron chi connectivity index (χ1n) is 8.31. The van der Waals surface area contributed by atoms with Crippen LogP contribution >= 0.6 is 0 Å². The number of hydrogen-bond acceptors (Lipinski definition) is 3. The van der Waals surface area contributed by atoms with Gasteiger partial charge in [0.15, 0.2) is 0 Å². The molecule has 1 saturated carbocycles. The van der Waals surface area contributed by atoms with Gasteiger partial charge in [-0.05, 0) is 25.2 Å². The number of rotatable bonds is 5. The number of amides is 2. The van der Waals surface area contributed by atoms with Gasteiger partial charge in [-0.3, -0.25) is 4.68 Å². The van der Waals surface area contributed by atoms with Crippen LogP contribution in [0.25, 0.3) is 0 Å². The molecule has 0 aliphatic heterocycles. The second kappa shape index (κ2) is 7.63. The van der Waals surface area contributed by atoms with Crippen molar-refractivity contribution in [3.63, 3.8) is 0 Å². The molecule has 0 spiro atoms. The molecule has 0 bridgehead atoms. The first-order valence-corrected chi connectivity index (χ1v) is 8.31. The molecule has 1 heterocycles. The maximum atomic E-state index is 12.2. The summed E-state index contributed by atoms with van der Waals surface area (Å²) >= 11 is 0. The van der Waals surface area contributed by atoms with E-state index in [9.17, 15) is 9.90 Å². The van der Waals surface area contributed by atoms with Crippen LogP contribution in [0.1, 0.15) is 52.1 Å². The number of hydrogen-bond donors (Lipinski definition) is 3. The van der Waals surface area contributed by atoms with Crippen molar-refractivity contribution in [2.75, 3.05) is 5.32 Å². The predicted octanol–water partition coefficient (Wildman–Crippen LogP) is 2.53. The largest absolute Gasteiger partial charge is 0.391 e. The number of carbonyl (C=O) groups excluding carboxylic acids is 1. The zero-order valence-electron chi connectivity index (χ0n) is 13.8. The van der Waals surface area contributed by atoms with Crippen LogP contribution in [-0.4, -0.2) is 33.1 Å². The Morgan fingerprint density at radius 2 is 2.18 bits per heavy atom. The highest BCUT2D eigenvalue weighted by Gasteiger charge is 2.24. The van der Waals surface area contributed by atoms with Gasteiger partial charge in [-0.1, -0.05) is 33.6 Å². The normalized spacial score (nSPS) is 21.9. The fourth-order valence-electron chi connectivity index (χ4n) is 3.00. The molecule has 2 unspecified atom stereocenters. The molecule has 1 aliphatic carbocycles. The molecule has 0 radical (unpaired) electrons. The quantitative estimate of drug-likeness (QED) is 0.782. The van der Waals surface area contributed by atoms with Crippen LogP contribution in [0.3, 0.4) is 0 Å².